The molecule has 3 N–H and O–H groups in total. The molecule has 136 valence electrons. The van der Waals surface area contributed by atoms with E-state index in [1.807, 2.05) is 30.3 Å². The van der Waals surface area contributed by atoms with Crippen molar-refractivity contribution in [1.29, 1.82) is 0 Å². The molecule has 3 aromatic rings. The molecule has 4 rings (SSSR count). The molecule has 1 aliphatic rings. The molecule has 0 saturated heterocycles. The van der Waals surface area contributed by atoms with Crippen LogP contribution in [0.4, 0.5) is 0 Å². The SMILES string of the molecule is O=C1CC(c2ccc(O)cc2)c2c(O)cc(O)c(Cc3ccccc3)c2O1. The molecule has 0 amide bonds. The number of benzene rings is 3. The number of esters is 1. The van der Waals surface area contributed by atoms with Crippen molar-refractivity contribution in [1.82, 2.24) is 0 Å². The van der Waals surface area contributed by atoms with E-state index in [0.717, 1.165) is 11.1 Å². The van der Waals surface area contributed by atoms with E-state index in [1.54, 1.807) is 12.1 Å². The largest absolute Gasteiger partial charge is 0.508 e. The van der Waals surface area contributed by atoms with Crippen molar-refractivity contribution in [3.05, 3.63) is 82.9 Å². The van der Waals surface area contributed by atoms with Crippen LogP contribution in [0.3, 0.4) is 0 Å². The van der Waals surface area contributed by atoms with Crippen LogP contribution in [0.1, 0.15) is 34.6 Å². The summed E-state index contributed by atoms with van der Waals surface area (Å²) >= 11 is 0. The van der Waals surface area contributed by atoms with Gasteiger partial charge in [0.1, 0.15) is 23.0 Å². The quantitative estimate of drug-likeness (QED) is 0.487. The maximum Gasteiger partial charge on any atom is 0.312 e. The molecule has 1 heterocycles. The van der Waals surface area contributed by atoms with Crippen LogP contribution >= 0.6 is 0 Å². The summed E-state index contributed by atoms with van der Waals surface area (Å²) < 4.78 is 5.46. The highest BCUT2D eigenvalue weighted by Gasteiger charge is 2.34. The molecule has 0 radical (unpaired) electrons. The highest BCUT2D eigenvalue weighted by Crippen LogP contribution is 2.49. The summed E-state index contributed by atoms with van der Waals surface area (Å²) in [6.45, 7) is 0. The summed E-state index contributed by atoms with van der Waals surface area (Å²) in [6, 6.07) is 17.3. The fourth-order valence-electron chi connectivity index (χ4n) is 3.53. The Balaban J connectivity index is 1.86. The Morgan fingerprint density at radius 2 is 1.63 bits per heavy atom. The van der Waals surface area contributed by atoms with Crippen LogP contribution in [0.25, 0.3) is 0 Å². The molecular formula is C22H18O5. The first-order valence-electron chi connectivity index (χ1n) is 8.64. The molecule has 0 saturated carbocycles. The maximum atomic E-state index is 12.3. The van der Waals surface area contributed by atoms with Crippen molar-refractivity contribution in [2.45, 2.75) is 18.8 Å². The lowest BCUT2D eigenvalue weighted by Crippen LogP contribution is -2.22. The van der Waals surface area contributed by atoms with Crippen molar-refractivity contribution in [2.24, 2.45) is 0 Å². The minimum Gasteiger partial charge on any atom is -0.508 e. The summed E-state index contributed by atoms with van der Waals surface area (Å²) in [5.74, 6) is -0.751. The zero-order valence-electron chi connectivity index (χ0n) is 14.4. The Morgan fingerprint density at radius 1 is 0.926 bits per heavy atom. The molecule has 1 unspecified atom stereocenters. The van der Waals surface area contributed by atoms with E-state index in [4.69, 9.17) is 4.74 Å². The Labute approximate surface area is 156 Å². The maximum absolute atomic E-state index is 12.3. The Morgan fingerprint density at radius 3 is 2.33 bits per heavy atom. The third-order valence-corrected chi connectivity index (χ3v) is 4.83. The summed E-state index contributed by atoms with van der Waals surface area (Å²) in [7, 11) is 0. The first-order chi connectivity index (χ1) is 13.0. The molecule has 1 atom stereocenters. The predicted octanol–water partition coefficient (Wildman–Crippen LogP) is 3.84. The third-order valence-electron chi connectivity index (χ3n) is 4.83. The fraction of sp³-hybridized carbons (Fsp3) is 0.136. The highest BCUT2D eigenvalue weighted by molar-refractivity contribution is 5.80. The molecule has 3 aromatic carbocycles. The van der Waals surface area contributed by atoms with Gasteiger partial charge in [-0.15, -0.1) is 0 Å². The van der Waals surface area contributed by atoms with E-state index >= 15 is 0 Å². The number of phenols is 3. The minimum absolute atomic E-state index is 0.0703. The van der Waals surface area contributed by atoms with Crippen molar-refractivity contribution in [2.75, 3.05) is 0 Å². The monoisotopic (exact) mass is 362 g/mol. The highest BCUT2D eigenvalue weighted by atomic mass is 16.5. The predicted molar refractivity (Wildman–Crippen MR) is 99.2 cm³/mol. The van der Waals surface area contributed by atoms with Gasteiger partial charge in [0, 0.05) is 29.5 Å². The van der Waals surface area contributed by atoms with Crippen LogP contribution in [-0.2, 0) is 11.2 Å². The van der Waals surface area contributed by atoms with E-state index in [2.05, 4.69) is 0 Å². The Kier molecular flexibility index (Phi) is 4.20. The van der Waals surface area contributed by atoms with Gasteiger partial charge >= 0.3 is 5.97 Å². The Hall–Kier alpha value is -3.47. The second-order valence-corrected chi connectivity index (χ2v) is 6.62. The van der Waals surface area contributed by atoms with Crippen molar-refractivity contribution in [3.8, 4) is 23.0 Å². The van der Waals surface area contributed by atoms with E-state index in [9.17, 15) is 20.1 Å². The number of ether oxygens (including phenoxy) is 1. The van der Waals surface area contributed by atoms with Gasteiger partial charge in [-0.1, -0.05) is 42.5 Å². The van der Waals surface area contributed by atoms with E-state index in [-0.39, 0.29) is 29.4 Å². The zero-order valence-corrected chi connectivity index (χ0v) is 14.4. The summed E-state index contributed by atoms with van der Waals surface area (Å²) in [4.78, 5) is 12.3. The van der Waals surface area contributed by atoms with Gasteiger partial charge in [0.05, 0.1) is 6.42 Å². The van der Waals surface area contributed by atoms with Gasteiger partial charge in [-0.05, 0) is 23.3 Å². The van der Waals surface area contributed by atoms with Crippen LogP contribution in [-0.4, -0.2) is 21.3 Å². The molecule has 0 spiro atoms. The number of rotatable bonds is 3. The molecule has 5 nitrogen and oxygen atoms in total. The molecule has 0 bridgehead atoms. The average Bonchev–Trinajstić information content (AvgIpc) is 2.65. The lowest BCUT2D eigenvalue weighted by atomic mass is 9.83. The van der Waals surface area contributed by atoms with E-state index < -0.39 is 11.9 Å². The van der Waals surface area contributed by atoms with Crippen LogP contribution in [0, 0.1) is 0 Å². The molecule has 0 aromatic heterocycles. The van der Waals surface area contributed by atoms with Gasteiger partial charge in [0.25, 0.3) is 0 Å². The van der Waals surface area contributed by atoms with Crippen molar-refractivity contribution in [3.63, 3.8) is 0 Å². The second kappa shape index (κ2) is 6.68. The molecule has 5 heteroatoms. The van der Waals surface area contributed by atoms with Crippen molar-refractivity contribution >= 4 is 5.97 Å². The van der Waals surface area contributed by atoms with Crippen LogP contribution in [0.15, 0.2) is 60.7 Å². The first-order valence-corrected chi connectivity index (χ1v) is 8.64. The zero-order chi connectivity index (χ0) is 19.0. The van der Waals surface area contributed by atoms with Crippen LogP contribution in [0.5, 0.6) is 23.0 Å². The smallest absolute Gasteiger partial charge is 0.312 e. The number of hydrogen-bond donors (Lipinski definition) is 3. The average molecular weight is 362 g/mol. The van der Waals surface area contributed by atoms with Crippen LogP contribution in [0.2, 0.25) is 0 Å². The molecule has 0 aliphatic carbocycles. The topological polar surface area (TPSA) is 87.0 Å². The number of aromatic hydroxyl groups is 3. The molecule has 0 fully saturated rings. The summed E-state index contributed by atoms with van der Waals surface area (Å²) in [6.07, 6.45) is 0.436. The summed E-state index contributed by atoms with van der Waals surface area (Å²) in [5, 5.41) is 30.4. The van der Waals surface area contributed by atoms with Gasteiger partial charge in [-0.25, -0.2) is 0 Å². The lowest BCUT2D eigenvalue weighted by Gasteiger charge is -2.28. The summed E-state index contributed by atoms with van der Waals surface area (Å²) in [5.41, 5.74) is 2.66. The van der Waals surface area contributed by atoms with Gasteiger partial charge < -0.3 is 20.1 Å². The second-order valence-electron chi connectivity index (χ2n) is 6.62. The number of fused-ring (bicyclic) bond motifs is 1. The number of phenolic OH excluding ortho intramolecular Hbond substituents is 3. The Bertz CT molecular complexity index is 993. The number of carbonyl (C=O) groups is 1. The third kappa shape index (κ3) is 3.19. The fourth-order valence-corrected chi connectivity index (χ4v) is 3.53. The number of hydrogen-bond acceptors (Lipinski definition) is 5. The van der Waals surface area contributed by atoms with Crippen molar-refractivity contribution < 1.29 is 24.9 Å². The normalized spacial score (nSPS) is 15.9. The van der Waals surface area contributed by atoms with E-state index in [0.29, 0.717) is 17.5 Å². The van der Waals surface area contributed by atoms with Gasteiger partial charge in [-0.3, -0.25) is 4.79 Å². The van der Waals surface area contributed by atoms with E-state index in [1.165, 1.54) is 18.2 Å². The van der Waals surface area contributed by atoms with Gasteiger partial charge in [0.15, 0.2) is 0 Å². The van der Waals surface area contributed by atoms with Crippen LogP contribution < -0.4 is 4.74 Å². The molecule has 1 aliphatic heterocycles. The number of carbonyl (C=O) groups excluding carboxylic acids is 1. The molecule has 27 heavy (non-hydrogen) atoms. The van der Waals surface area contributed by atoms with Gasteiger partial charge in [0.2, 0.25) is 0 Å². The lowest BCUT2D eigenvalue weighted by molar-refractivity contribution is -0.135. The minimum atomic E-state index is -0.431. The standard InChI is InChI=1S/C22H18O5/c23-15-8-6-14(7-9-15)16-11-20(26)27-22-17(10-13-4-2-1-3-5-13)18(24)12-19(25)21(16)22/h1-9,12,16,23-25H,10-11H2. The first kappa shape index (κ1) is 17.0. The van der Waals surface area contributed by atoms with Gasteiger partial charge in [-0.2, -0.15) is 0 Å². The molecular weight excluding hydrogens is 344 g/mol.